The smallest absolute Gasteiger partial charge is 0.352 e. The Bertz CT molecular complexity index is 999. The number of carboxylic acids is 1. The van der Waals surface area contributed by atoms with Gasteiger partial charge in [0.2, 0.25) is 5.91 Å². The van der Waals surface area contributed by atoms with E-state index in [1.807, 2.05) is 29.6 Å². The fourth-order valence-electron chi connectivity index (χ4n) is 3.35. The van der Waals surface area contributed by atoms with Crippen LogP contribution in [0.15, 0.2) is 40.9 Å². The number of carboxylic acid groups (broad SMARTS) is 1. The molecule has 140 valence electrons. The number of aliphatic carboxylic acids is 1. The van der Waals surface area contributed by atoms with Gasteiger partial charge in [0.25, 0.3) is 5.91 Å². The molecular formula is C18H17N3O4S2. The lowest BCUT2D eigenvalue weighted by atomic mass is 10.0. The van der Waals surface area contributed by atoms with Gasteiger partial charge in [-0.2, -0.15) is 0 Å². The topological polar surface area (TPSA) is 113 Å². The second-order valence-corrected chi connectivity index (χ2v) is 8.58. The molecule has 7 nitrogen and oxygen atoms in total. The first-order valence-electron chi connectivity index (χ1n) is 8.29. The van der Waals surface area contributed by atoms with Crippen molar-refractivity contribution in [1.82, 2.24) is 10.2 Å². The van der Waals surface area contributed by atoms with Gasteiger partial charge in [0.15, 0.2) is 0 Å². The van der Waals surface area contributed by atoms with Crippen molar-refractivity contribution in [3.05, 3.63) is 46.5 Å². The van der Waals surface area contributed by atoms with Crippen molar-refractivity contribution in [3.8, 4) is 0 Å². The molecule has 1 aromatic heterocycles. The normalized spacial score (nSPS) is 23.0. The number of fused-ring (bicyclic) bond motifs is 2. The average molecular weight is 403 g/mol. The summed E-state index contributed by atoms with van der Waals surface area (Å²) >= 11 is 3.04. The van der Waals surface area contributed by atoms with Crippen LogP contribution in [0, 0.1) is 0 Å². The third-order valence-corrected chi connectivity index (χ3v) is 7.10. The van der Waals surface area contributed by atoms with Crippen LogP contribution in [0.3, 0.4) is 0 Å². The Morgan fingerprint density at radius 2 is 2.15 bits per heavy atom. The second kappa shape index (κ2) is 6.66. The van der Waals surface area contributed by atoms with E-state index < -0.39 is 35.2 Å². The minimum Gasteiger partial charge on any atom is -0.477 e. The van der Waals surface area contributed by atoms with Gasteiger partial charge < -0.3 is 16.2 Å². The highest BCUT2D eigenvalue weighted by molar-refractivity contribution is 8.00. The molecule has 4 N–H and O–H groups in total. The zero-order valence-corrected chi connectivity index (χ0v) is 16.0. The SMILES string of the molecule is CC1=C(C(=O)O)N2C(=O)[C@@H](NC(=O)C(N)c3ccc4sccc4c3)[C@H]2SC1. The summed E-state index contributed by atoms with van der Waals surface area (Å²) in [5, 5.41) is 14.6. The van der Waals surface area contributed by atoms with E-state index in [1.54, 1.807) is 18.3 Å². The Morgan fingerprint density at radius 3 is 2.89 bits per heavy atom. The van der Waals surface area contributed by atoms with Crippen molar-refractivity contribution < 1.29 is 19.5 Å². The second-order valence-electron chi connectivity index (χ2n) is 6.53. The maximum atomic E-state index is 12.6. The number of hydrogen-bond donors (Lipinski definition) is 3. The molecule has 1 aromatic carbocycles. The predicted octanol–water partition coefficient (Wildman–Crippen LogP) is 1.66. The number of amides is 2. The average Bonchev–Trinajstić information content (AvgIpc) is 3.12. The highest BCUT2D eigenvalue weighted by Crippen LogP contribution is 2.40. The molecule has 2 aromatic rings. The number of nitrogens with two attached hydrogens (primary N) is 1. The summed E-state index contributed by atoms with van der Waals surface area (Å²) in [7, 11) is 0. The molecule has 0 spiro atoms. The van der Waals surface area contributed by atoms with Crippen molar-refractivity contribution in [2.45, 2.75) is 24.4 Å². The van der Waals surface area contributed by atoms with E-state index in [2.05, 4.69) is 5.32 Å². The Balaban J connectivity index is 1.49. The first kappa shape index (κ1) is 18.0. The van der Waals surface area contributed by atoms with Gasteiger partial charge in [-0.05, 0) is 47.0 Å². The number of nitrogens with one attached hydrogen (secondary N) is 1. The largest absolute Gasteiger partial charge is 0.477 e. The van der Waals surface area contributed by atoms with Crippen molar-refractivity contribution in [2.75, 3.05) is 5.75 Å². The molecule has 3 heterocycles. The monoisotopic (exact) mass is 403 g/mol. The number of carbonyl (C=O) groups excluding carboxylic acids is 2. The molecule has 0 radical (unpaired) electrons. The van der Waals surface area contributed by atoms with Gasteiger partial charge in [0, 0.05) is 10.5 Å². The van der Waals surface area contributed by atoms with Crippen LogP contribution in [0.4, 0.5) is 0 Å². The van der Waals surface area contributed by atoms with Crippen LogP contribution in [0.5, 0.6) is 0 Å². The Hall–Kier alpha value is -2.36. The maximum Gasteiger partial charge on any atom is 0.352 e. The number of nitrogens with zero attached hydrogens (tertiary/aromatic N) is 1. The van der Waals surface area contributed by atoms with Crippen molar-refractivity contribution in [2.24, 2.45) is 5.73 Å². The third-order valence-electron chi connectivity index (χ3n) is 4.78. The predicted molar refractivity (Wildman–Crippen MR) is 104 cm³/mol. The van der Waals surface area contributed by atoms with Crippen LogP contribution in [0.2, 0.25) is 0 Å². The van der Waals surface area contributed by atoms with Gasteiger partial charge in [-0.3, -0.25) is 14.5 Å². The van der Waals surface area contributed by atoms with E-state index in [-0.39, 0.29) is 5.70 Å². The van der Waals surface area contributed by atoms with Gasteiger partial charge >= 0.3 is 5.97 Å². The molecule has 9 heteroatoms. The molecule has 3 atom stereocenters. The Morgan fingerprint density at radius 1 is 1.37 bits per heavy atom. The van der Waals surface area contributed by atoms with Gasteiger partial charge in [0.05, 0.1) is 0 Å². The van der Waals surface area contributed by atoms with Crippen LogP contribution < -0.4 is 11.1 Å². The number of thioether (sulfide) groups is 1. The van der Waals surface area contributed by atoms with E-state index >= 15 is 0 Å². The van der Waals surface area contributed by atoms with Gasteiger partial charge in [-0.1, -0.05) is 6.07 Å². The minimum absolute atomic E-state index is 0.0152. The summed E-state index contributed by atoms with van der Waals surface area (Å²) in [6.07, 6.45) is 0. The van der Waals surface area contributed by atoms with Crippen LogP contribution >= 0.6 is 23.1 Å². The molecule has 2 amide bonds. The van der Waals surface area contributed by atoms with Crippen LogP contribution in [-0.4, -0.2) is 45.0 Å². The summed E-state index contributed by atoms with van der Waals surface area (Å²) in [4.78, 5) is 37.7. The zero-order valence-electron chi connectivity index (χ0n) is 14.3. The summed E-state index contributed by atoms with van der Waals surface area (Å²) < 4.78 is 1.11. The highest BCUT2D eigenvalue weighted by Gasteiger charge is 2.53. The standard InChI is InChI=1S/C18H17N3O4S2/c1-8-7-27-17-13(16(23)21(17)14(8)18(24)25)20-15(22)12(19)10-2-3-11-9(6-10)4-5-26-11/h2-6,12-13,17H,7,19H2,1H3,(H,20,22)(H,24,25)/t12?,13-,17-/m1/s1. The summed E-state index contributed by atoms with van der Waals surface area (Å²) in [6, 6.07) is 5.89. The van der Waals surface area contributed by atoms with E-state index in [0.717, 1.165) is 10.1 Å². The van der Waals surface area contributed by atoms with Crippen molar-refractivity contribution >= 4 is 51.0 Å². The molecular weight excluding hydrogens is 386 g/mol. The quantitative estimate of drug-likeness (QED) is 0.669. The lowest BCUT2D eigenvalue weighted by Gasteiger charge is -2.49. The maximum absolute atomic E-state index is 12.6. The van der Waals surface area contributed by atoms with Gasteiger partial charge in [-0.25, -0.2) is 4.79 Å². The van der Waals surface area contributed by atoms with E-state index in [4.69, 9.17) is 5.73 Å². The van der Waals surface area contributed by atoms with E-state index in [9.17, 15) is 19.5 Å². The molecule has 2 aliphatic rings. The van der Waals surface area contributed by atoms with E-state index in [0.29, 0.717) is 16.9 Å². The molecule has 0 bridgehead atoms. The van der Waals surface area contributed by atoms with Crippen LogP contribution in [-0.2, 0) is 14.4 Å². The van der Waals surface area contributed by atoms with Crippen molar-refractivity contribution in [3.63, 3.8) is 0 Å². The van der Waals surface area contributed by atoms with Gasteiger partial charge in [-0.15, -0.1) is 23.1 Å². The summed E-state index contributed by atoms with van der Waals surface area (Å²) in [5.74, 6) is -1.50. The Labute approximate surface area is 163 Å². The highest BCUT2D eigenvalue weighted by atomic mass is 32.2. The lowest BCUT2D eigenvalue weighted by Crippen LogP contribution is -2.71. The Kier molecular flexibility index (Phi) is 4.45. The first-order valence-corrected chi connectivity index (χ1v) is 10.2. The number of β-lactam (4-membered cyclic amide) rings is 1. The summed E-state index contributed by atoms with van der Waals surface area (Å²) in [5.41, 5.74) is 7.42. The van der Waals surface area contributed by atoms with Crippen LogP contribution in [0.1, 0.15) is 18.5 Å². The number of hydrogen-bond acceptors (Lipinski definition) is 6. The van der Waals surface area contributed by atoms with E-state index in [1.165, 1.54) is 16.7 Å². The molecule has 1 saturated heterocycles. The fraction of sp³-hybridized carbons (Fsp3) is 0.278. The zero-order chi connectivity index (χ0) is 19.3. The number of carbonyl (C=O) groups is 3. The molecule has 27 heavy (non-hydrogen) atoms. The summed E-state index contributed by atoms with van der Waals surface area (Å²) in [6.45, 7) is 1.70. The minimum atomic E-state index is -1.13. The molecule has 0 aliphatic carbocycles. The molecule has 1 unspecified atom stereocenters. The molecule has 0 saturated carbocycles. The first-order chi connectivity index (χ1) is 12.9. The number of rotatable bonds is 4. The van der Waals surface area contributed by atoms with Crippen LogP contribution in [0.25, 0.3) is 10.1 Å². The van der Waals surface area contributed by atoms with Gasteiger partial charge in [0.1, 0.15) is 23.2 Å². The fourth-order valence-corrected chi connectivity index (χ4v) is 5.41. The molecule has 4 rings (SSSR count). The molecule has 2 aliphatic heterocycles. The lowest BCUT2D eigenvalue weighted by molar-refractivity contribution is -0.150. The van der Waals surface area contributed by atoms with Crippen molar-refractivity contribution in [1.29, 1.82) is 0 Å². The number of thiophene rings is 1. The number of benzene rings is 1. The third kappa shape index (κ3) is 2.91. The molecule has 1 fully saturated rings.